The summed E-state index contributed by atoms with van der Waals surface area (Å²) in [6.45, 7) is 1.89. The van der Waals surface area contributed by atoms with Gasteiger partial charge in [0.15, 0.2) is 0 Å². The molecule has 0 amide bonds. The van der Waals surface area contributed by atoms with Gasteiger partial charge in [0.2, 0.25) is 5.95 Å². The van der Waals surface area contributed by atoms with Crippen LogP contribution in [0, 0.1) is 5.92 Å². The van der Waals surface area contributed by atoms with E-state index in [-0.39, 0.29) is 5.56 Å². The van der Waals surface area contributed by atoms with Crippen molar-refractivity contribution in [2.75, 3.05) is 18.0 Å². The average Bonchev–Trinajstić information content (AvgIpc) is 2.63. The van der Waals surface area contributed by atoms with Crippen molar-refractivity contribution in [3.8, 4) is 0 Å². The zero-order chi connectivity index (χ0) is 16.4. The molecule has 0 unspecified atom stereocenters. The molecule has 1 saturated heterocycles. The monoisotopic (exact) mass is 319 g/mol. The zero-order valence-electron chi connectivity index (χ0n) is 13.6. The maximum atomic E-state index is 12.2. The number of hydrogen-bond acceptors (Lipinski definition) is 3. The van der Waals surface area contributed by atoms with Gasteiger partial charge in [-0.15, -0.1) is 0 Å². The highest BCUT2D eigenvalue weighted by molar-refractivity contribution is 5.78. The molecule has 0 bridgehead atoms. The molecule has 0 radical (unpaired) electrons. The number of aromatic amines is 1. The molecule has 2 heterocycles. The highest BCUT2D eigenvalue weighted by Gasteiger charge is 2.21. The van der Waals surface area contributed by atoms with E-state index in [0.29, 0.717) is 17.3 Å². The van der Waals surface area contributed by atoms with E-state index in [4.69, 9.17) is 0 Å². The van der Waals surface area contributed by atoms with Gasteiger partial charge in [-0.2, -0.15) is 0 Å². The predicted octanol–water partition coefficient (Wildman–Crippen LogP) is 3.38. The Hall–Kier alpha value is -2.62. The summed E-state index contributed by atoms with van der Waals surface area (Å²) in [5.74, 6) is 1.41. The van der Waals surface area contributed by atoms with Crippen LogP contribution in [0.15, 0.2) is 59.4 Å². The molecule has 0 atom stereocenters. The highest BCUT2D eigenvalue weighted by atomic mass is 16.1. The van der Waals surface area contributed by atoms with Crippen LogP contribution >= 0.6 is 0 Å². The van der Waals surface area contributed by atoms with Gasteiger partial charge in [0, 0.05) is 13.1 Å². The van der Waals surface area contributed by atoms with Crippen LogP contribution in [0.2, 0.25) is 0 Å². The molecule has 0 aliphatic carbocycles. The summed E-state index contributed by atoms with van der Waals surface area (Å²) in [5, 5.41) is 0.653. The summed E-state index contributed by atoms with van der Waals surface area (Å²) in [4.78, 5) is 22.0. The Labute approximate surface area is 141 Å². The Bertz CT molecular complexity index is 880. The summed E-state index contributed by atoms with van der Waals surface area (Å²) in [7, 11) is 0. The zero-order valence-corrected chi connectivity index (χ0v) is 13.6. The van der Waals surface area contributed by atoms with Crippen molar-refractivity contribution >= 4 is 16.9 Å². The second-order valence-electron chi connectivity index (χ2n) is 6.53. The van der Waals surface area contributed by atoms with Crippen molar-refractivity contribution in [2.45, 2.75) is 19.3 Å². The lowest BCUT2D eigenvalue weighted by atomic mass is 9.90. The van der Waals surface area contributed by atoms with Gasteiger partial charge in [-0.3, -0.25) is 9.78 Å². The van der Waals surface area contributed by atoms with Gasteiger partial charge >= 0.3 is 0 Å². The number of piperidine rings is 1. The number of nitrogens with zero attached hydrogens (tertiary/aromatic N) is 2. The van der Waals surface area contributed by atoms with Crippen molar-refractivity contribution < 1.29 is 0 Å². The SMILES string of the molecule is O=c1[nH]c(N2CCC(Cc3ccccc3)CC2)nc2ccccc12. The maximum Gasteiger partial charge on any atom is 0.260 e. The molecule has 0 spiro atoms. The number of H-pyrrole nitrogens is 1. The van der Waals surface area contributed by atoms with E-state index in [2.05, 4.69) is 45.2 Å². The first-order valence-electron chi connectivity index (χ1n) is 8.57. The number of anilines is 1. The number of rotatable bonds is 3. The molecule has 122 valence electrons. The van der Waals surface area contributed by atoms with Gasteiger partial charge in [0.25, 0.3) is 5.56 Å². The molecule has 0 saturated carbocycles. The molecule has 4 heteroatoms. The van der Waals surface area contributed by atoms with E-state index in [1.165, 1.54) is 5.56 Å². The molecular weight excluding hydrogens is 298 g/mol. The molecule has 24 heavy (non-hydrogen) atoms. The minimum absolute atomic E-state index is 0.0537. The Morgan fingerprint density at radius 1 is 1.00 bits per heavy atom. The van der Waals surface area contributed by atoms with Crippen molar-refractivity contribution in [1.82, 2.24) is 9.97 Å². The number of benzene rings is 2. The molecule has 1 aliphatic heterocycles. The Kier molecular flexibility index (Phi) is 4.03. The molecule has 1 aromatic heterocycles. The van der Waals surface area contributed by atoms with Gasteiger partial charge in [-0.05, 0) is 42.9 Å². The van der Waals surface area contributed by atoms with Crippen LogP contribution in [0.4, 0.5) is 5.95 Å². The molecule has 4 nitrogen and oxygen atoms in total. The van der Waals surface area contributed by atoms with Gasteiger partial charge in [0.1, 0.15) is 0 Å². The van der Waals surface area contributed by atoms with E-state index in [9.17, 15) is 4.79 Å². The van der Waals surface area contributed by atoms with Crippen LogP contribution in [0.3, 0.4) is 0 Å². The summed E-state index contributed by atoms with van der Waals surface area (Å²) in [5.41, 5.74) is 2.12. The minimum Gasteiger partial charge on any atom is -0.342 e. The first-order valence-corrected chi connectivity index (χ1v) is 8.57. The van der Waals surface area contributed by atoms with E-state index in [1.807, 2.05) is 24.3 Å². The van der Waals surface area contributed by atoms with Gasteiger partial charge in [0.05, 0.1) is 10.9 Å². The second-order valence-corrected chi connectivity index (χ2v) is 6.53. The largest absolute Gasteiger partial charge is 0.342 e. The fraction of sp³-hybridized carbons (Fsp3) is 0.300. The van der Waals surface area contributed by atoms with Crippen molar-refractivity contribution in [3.05, 3.63) is 70.5 Å². The average molecular weight is 319 g/mol. The lowest BCUT2D eigenvalue weighted by molar-refractivity contribution is 0.400. The van der Waals surface area contributed by atoms with Crippen LogP contribution in [-0.2, 0) is 6.42 Å². The van der Waals surface area contributed by atoms with Gasteiger partial charge in [-0.1, -0.05) is 42.5 Å². The molecule has 2 aromatic carbocycles. The van der Waals surface area contributed by atoms with Crippen molar-refractivity contribution in [3.63, 3.8) is 0 Å². The quantitative estimate of drug-likeness (QED) is 0.805. The molecular formula is C20H21N3O. The molecule has 3 aromatic rings. The summed E-state index contributed by atoms with van der Waals surface area (Å²) >= 11 is 0. The summed E-state index contributed by atoms with van der Waals surface area (Å²) in [6, 6.07) is 18.2. The predicted molar refractivity (Wildman–Crippen MR) is 97.4 cm³/mol. The number of nitrogens with one attached hydrogen (secondary N) is 1. The standard InChI is InChI=1S/C20H21N3O/c24-19-17-8-4-5-9-18(17)21-20(22-19)23-12-10-16(11-13-23)14-15-6-2-1-3-7-15/h1-9,16H,10-14H2,(H,21,22,24). The molecule has 1 aliphatic rings. The lowest BCUT2D eigenvalue weighted by Gasteiger charge is -2.32. The lowest BCUT2D eigenvalue weighted by Crippen LogP contribution is -2.36. The van der Waals surface area contributed by atoms with Crippen molar-refractivity contribution in [2.24, 2.45) is 5.92 Å². The number of para-hydroxylation sites is 1. The molecule has 1 N–H and O–H groups in total. The highest BCUT2D eigenvalue weighted by Crippen LogP contribution is 2.24. The van der Waals surface area contributed by atoms with E-state index < -0.39 is 0 Å². The summed E-state index contributed by atoms with van der Waals surface area (Å²) in [6.07, 6.45) is 3.40. The Balaban J connectivity index is 1.47. The first-order chi connectivity index (χ1) is 11.8. The third kappa shape index (κ3) is 3.04. The van der Waals surface area contributed by atoms with E-state index >= 15 is 0 Å². The normalized spacial score (nSPS) is 15.8. The first kappa shape index (κ1) is 14.9. The number of aromatic nitrogens is 2. The van der Waals surface area contributed by atoms with Crippen LogP contribution < -0.4 is 10.5 Å². The van der Waals surface area contributed by atoms with E-state index in [0.717, 1.165) is 37.9 Å². The Morgan fingerprint density at radius 2 is 1.71 bits per heavy atom. The fourth-order valence-corrected chi connectivity index (χ4v) is 3.52. The second kappa shape index (κ2) is 6.48. The summed E-state index contributed by atoms with van der Waals surface area (Å²) < 4.78 is 0. The number of fused-ring (bicyclic) bond motifs is 1. The topological polar surface area (TPSA) is 49.0 Å². The van der Waals surface area contributed by atoms with Crippen molar-refractivity contribution in [1.29, 1.82) is 0 Å². The van der Waals surface area contributed by atoms with Crippen LogP contribution in [-0.4, -0.2) is 23.1 Å². The van der Waals surface area contributed by atoms with Crippen LogP contribution in [0.5, 0.6) is 0 Å². The van der Waals surface area contributed by atoms with Crippen LogP contribution in [0.1, 0.15) is 18.4 Å². The van der Waals surface area contributed by atoms with Gasteiger partial charge in [-0.25, -0.2) is 4.98 Å². The smallest absolute Gasteiger partial charge is 0.260 e. The van der Waals surface area contributed by atoms with Gasteiger partial charge < -0.3 is 4.90 Å². The third-order valence-electron chi connectivity index (χ3n) is 4.88. The fourth-order valence-electron chi connectivity index (χ4n) is 3.52. The third-order valence-corrected chi connectivity index (χ3v) is 4.88. The Morgan fingerprint density at radius 3 is 2.50 bits per heavy atom. The minimum atomic E-state index is -0.0537. The molecule has 1 fully saturated rings. The van der Waals surface area contributed by atoms with E-state index in [1.54, 1.807) is 0 Å². The van der Waals surface area contributed by atoms with Crippen LogP contribution in [0.25, 0.3) is 10.9 Å². The maximum absolute atomic E-state index is 12.2. The molecule has 4 rings (SSSR count). The number of hydrogen-bond donors (Lipinski definition) is 1.